The Morgan fingerprint density at radius 1 is 1.38 bits per heavy atom. The fourth-order valence-electron chi connectivity index (χ4n) is 2.18. The Morgan fingerprint density at radius 2 is 2.12 bits per heavy atom. The van der Waals surface area contributed by atoms with E-state index in [4.69, 9.17) is 0 Å². The maximum Gasteiger partial charge on any atom is 0.317 e. The van der Waals surface area contributed by atoms with Crippen LogP contribution in [0.25, 0.3) is 0 Å². The van der Waals surface area contributed by atoms with Gasteiger partial charge in [0.25, 0.3) is 0 Å². The lowest BCUT2D eigenvalue weighted by molar-refractivity contribution is -0.618. The van der Waals surface area contributed by atoms with Crippen molar-refractivity contribution in [3.05, 3.63) is 22.9 Å². The molecule has 2 heterocycles. The number of likely N-dealkylation sites (tertiary alicyclic amines) is 1. The van der Waals surface area contributed by atoms with Gasteiger partial charge in [0.05, 0.1) is 5.10 Å². The van der Waals surface area contributed by atoms with Crippen LogP contribution in [-0.4, -0.2) is 34.7 Å². The zero-order valence-electron chi connectivity index (χ0n) is 9.72. The largest absolute Gasteiger partial charge is 0.711 e. The fraction of sp³-hybridized carbons (Fsp3) is 0.727. The molecule has 1 aromatic heterocycles. The highest BCUT2D eigenvalue weighted by Gasteiger charge is 2.13. The number of aryl methyl sites for hydroxylation is 1. The Bertz CT molecular complexity index is 330. The molecule has 1 saturated heterocycles. The molecule has 2 rings (SSSR count). The van der Waals surface area contributed by atoms with Crippen molar-refractivity contribution in [2.75, 3.05) is 19.6 Å². The Hall–Kier alpha value is -1.23. The van der Waals surface area contributed by atoms with E-state index in [-0.39, 0.29) is 0 Å². The summed E-state index contributed by atoms with van der Waals surface area (Å²) in [5.41, 5.74) is 1.50. The van der Waals surface area contributed by atoms with Crippen molar-refractivity contribution in [1.82, 2.24) is 15.1 Å². The van der Waals surface area contributed by atoms with Gasteiger partial charge in [0.15, 0.2) is 0 Å². The molecule has 0 aromatic carbocycles. The van der Waals surface area contributed by atoms with E-state index in [1.807, 2.05) is 6.92 Å². The predicted octanol–water partition coefficient (Wildman–Crippen LogP) is 0.447. The molecule has 5 heteroatoms. The van der Waals surface area contributed by atoms with Crippen molar-refractivity contribution in [1.29, 1.82) is 0 Å². The first-order valence-electron chi connectivity index (χ1n) is 5.90. The molecule has 1 aliphatic heterocycles. The maximum atomic E-state index is 11.5. The predicted molar refractivity (Wildman–Crippen MR) is 59.7 cm³/mol. The third-order valence-corrected chi connectivity index (χ3v) is 3.16. The lowest BCUT2D eigenvalue weighted by Crippen LogP contribution is -2.38. The molecular formula is C11H18N4O. The number of hydrogen-bond donors (Lipinski definition) is 0. The number of aromatic nitrogens is 3. The third kappa shape index (κ3) is 2.66. The first kappa shape index (κ1) is 11.3. The SMILES string of the molecule is Cc1nnc[n+]([O-])c1CCN1CCCCC1. The van der Waals surface area contributed by atoms with E-state index < -0.39 is 0 Å². The van der Waals surface area contributed by atoms with E-state index in [1.54, 1.807) is 0 Å². The van der Waals surface area contributed by atoms with E-state index in [0.29, 0.717) is 0 Å². The van der Waals surface area contributed by atoms with Crippen molar-refractivity contribution in [3.8, 4) is 0 Å². The summed E-state index contributed by atoms with van der Waals surface area (Å²) in [5, 5.41) is 19.0. The van der Waals surface area contributed by atoms with Crippen LogP contribution in [-0.2, 0) is 6.42 Å². The summed E-state index contributed by atoms with van der Waals surface area (Å²) < 4.78 is 0.840. The Balaban J connectivity index is 1.93. The second kappa shape index (κ2) is 5.21. The number of rotatable bonds is 3. The van der Waals surface area contributed by atoms with Crippen molar-refractivity contribution >= 4 is 0 Å². The minimum Gasteiger partial charge on any atom is -0.711 e. The summed E-state index contributed by atoms with van der Waals surface area (Å²) in [6, 6.07) is 0. The number of hydrogen-bond acceptors (Lipinski definition) is 4. The molecular weight excluding hydrogens is 204 g/mol. The van der Waals surface area contributed by atoms with Crippen molar-refractivity contribution in [2.45, 2.75) is 32.6 Å². The Kier molecular flexibility index (Phi) is 3.66. The average molecular weight is 222 g/mol. The van der Waals surface area contributed by atoms with Gasteiger partial charge in [-0.1, -0.05) is 6.42 Å². The van der Waals surface area contributed by atoms with E-state index in [1.165, 1.54) is 25.6 Å². The second-order valence-corrected chi connectivity index (χ2v) is 4.34. The summed E-state index contributed by atoms with van der Waals surface area (Å²) in [6.07, 6.45) is 5.91. The van der Waals surface area contributed by atoms with Gasteiger partial charge < -0.3 is 10.1 Å². The molecule has 0 atom stereocenters. The number of piperidine rings is 1. The molecule has 0 amide bonds. The van der Waals surface area contributed by atoms with Crippen molar-refractivity contribution in [3.63, 3.8) is 0 Å². The van der Waals surface area contributed by atoms with Gasteiger partial charge in [-0.05, 0) is 38.0 Å². The smallest absolute Gasteiger partial charge is 0.317 e. The van der Waals surface area contributed by atoms with E-state index in [9.17, 15) is 5.21 Å². The first-order chi connectivity index (χ1) is 7.77. The lowest BCUT2D eigenvalue weighted by atomic mass is 10.1. The topological polar surface area (TPSA) is 56.0 Å². The van der Waals surface area contributed by atoms with Crippen LogP contribution in [0.15, 0.2) is 6.33 Å². The van der Waals surface area contributed by atoms with Crippen LogP contribution < -0.4 is 4.73 Å². The summed E-state index contributed by atoms with van der Waals surface area (Å²) in [6.45, 7) is 5.12. The molecule has 0 spiro atoms. The zero-order valence-corrected chi connectivity index (χ0v) is 9.72. The minimum absolute atomic E-state index is 0.745. The third-order valence-electron chi connectivity index (χ3n) is 3.16. The van der Waals surface area contributed by atoms with Gasteiger partial charge in [-0.25, -0.2) is 4.73 Å². The summed E-state index contributed by atoms with van der Waals surface area (Å²) in [7, 11) is 0. The number of nitrogens with zero attached hydrogens (tertiary/aromatic N) is 4. The van der Waals surface area contributed by atoms with Gasteiger partial charge >= 0.3 is 6.33 Å². The quantitative estimate of drug-likeness (QED) is 0.550. The molecule has 0 aliphatic carbocycles. The lowest BCUT2D eigenvalue weighted by Gasteiger charge is -2.26. The van der Waals surface area contributed by atoms with Gasteiger partial charge in [-0.3, -0.25) is 0 Å². The molecule has 16 heavy (non-hydrogen) atoms. The minimum atomic E-state index is 0.745. The molecule has 1 aromatic rings. The van der Waals surface area contributed by atoms with Crippen LogP contribution in [0.4, 0.5) is 0 Å². The van der Waals surface area contributed by atoms with E-state index in [2.05, 4.69) is 15.1 Å². The molecule has 5 nitrogen and oxygen atoms in total. The van der Waals surface area contributed by atoms with Crippen LogP contribution >= 0.6 is 0 Å². The molecule has 0 bridgehead atoms. The molecule has 88 valence electrons. The van der Waals surface area contributed by atoms with Crippen LogP contribution in [0.2, 0.25) is 0 Å². The molecule has 0 N–H and O–H groups in total. The molecule has 0 saturated carbocycles. The average Bonchev–Trinajstić information content (AvgIpc) is 2.30. The fourth-order valence-corrected chi connectivity index (χ4v) is 2.18. The van der Waals surface area contributed by atoms with Crippen molar-refractivity contribution in [2.24, 2.45) is 0 Å². The highest BCUT2D eigenvalue weighted by molar-refractivity contribution is 5.01. The summed E-state index contributed by atoms with van der Waals surface area (Å²) in [4.78, 5) is 2.42. The van der Waals surface area contributed by atoms with Gasteiger partial charge in [0.2, 0.25) is 0 Å². The summed E-state index contributed by atoms with van der Waals surface area (Å²) in [5.74, 6) is 0. The first-order valence-corrected chi connectivity index (χ1v) is 5.90. The van der Waals surface area contributed by atoms with E-state index >= 15 is 0 Å². The molecule has 1 aliphatic rings. The highest BCUT2D eigenvalue weighted by Crippen LogP contribution is 2.09. The van der Waals surface area contributed by atoms with Crippen LogP contribution in [0.3, 0.4) is 0 Å². The van der Waals surface area contributed by atoms with E-state index in [0.717, 1.165) is 42.2 Å². The Labute approximate surface area is 95.7 Å². The Morgan fingerprint density at radius 3 is 2.81 bits per heavy atom. The molecule has 0 radical (unpaired) electrons. The van der Waals surface area contributed by atoms with Gasteiger partial charge in [0.1, 0.15) is 11.4 Å². The molecule has 1 fully saturated rings. The second-order valence-electron chi connectivity index (χ2n) is 4.34. The van der Waals surface area contributed by atoms with Gasteiger partial charge in [0, 0.05) is 13.0 Å². The van der Waals surface area contributed by atoms with Crippen LogP contribution in [0, 0.1) is 12.1 Å². The monoisotopic (exact) mass is 222 g/mol. The van der Waals surface area contributed by atoms with Crippen molar-refractivity contribution < 1.29 is 4.73 Å². The normalized spacial score (nSPS) is 17.6. The zero-order chi connectivity index (χ0) is 11.4. The summed E-state index contributed by atoms with van der Waals surface area (Å²) >= 11 is 0. The standard InChI is InChI=1S/C11H18N4O/c1-10-11(15(16)9-12-13-10)5-8-14-6-3-2-4-7-14/h9H,2-8H2,1H3. The van der Waals surface area contributed by atoms with Gasteiger partial charge in [-0.2, -0.15) is 0 Å². The van der Waals surface area contributed by atoms with Crippen LogP contribution in [0.5, 0.6) is 0 Å². The van der Waals surface area contributed by atoms with Crippen LogP contribution in [0.1, 0.15) is 30.7 Å². The maximum absolute atomic E-state index is 11.5. The molecule has 0 unspecified atom stereocenters. The van der Waals surface area contributed by atoms with Gasteiger partial charge in [-0.15, -0.1) is 0 Å². The highest BCUT2D eigenvalue weighted by atomic mass is 16.5.